The van der Waals surface area contributed by atoms with Crippen molar-refractivity contribution in [1.82, 2.24) is 9.97 Å². The minimum absolute atomic E-state index is 0.230. The molecule has 2 rings (SSSR count). The molecule has 0 bridgehead atoms. The van der Waals surface area contributed by atoms with Crippen LogP contribution in [0.3, 0.4) is 0 Å². The molecule has 0 amide bonds. The lowest BCUT2D eigenvalue weighted by molar-refractivity contribution is 1.23. The predicted octanol–water partition coefficient (Wildman–Crippen LogP) is 2.60. The number of aromatic nitrogens is 2. The van der Waals surface area contributed by atoms with Gasteiger partial charge in [-0.2, -0.15) is 0 Å². The number of H-pyrrole nitrogens is 1. The van der Waals surface area contributed by atoms with Crippen LogP contribution in [-0.4, -0.2) is 9.97 Å². The molecule has 2 aromatic heterocycles. The van der Waals surface area contributed by atoms with E-state index in [1.165, 1.54) is 6.07 Å². The highest BCUT2D eigenvalue weighted by Crippen LogP contribution is 2.16. The zero-order valence-corrected chi connectivity index (χ0v) is 8.80. The molecule has 14 heavy (non-hydrogen) atoms. The Morgan fingerprint density at radius 3 is 2.86 bits per heavy atom. The molecule has 1 N–H and O–H groups in total. The maximum absolute atomic E-state index is 10.9. The molecule has 2 aromatic rings. The van der Waals surface area contributed by atoms with Crippen LogP contribution in [0.25, 0.3) is 11.0 Å². The van der Waals surface area contributed by atoms with Crippen molar-refractivity contribution in [3.8, 4) is 0 Å². The summed E-state index contributed by atoms with van der Waals surface area (Å²) in [5, 5.41) is 1.20. The fourth-order valence-electron chi connectivity index (χ4n) is 1.04. The van der Waals surface area contributed by atoms with Crippen LogP contribution in [0, 0.1) is 0 Å². The Hall–Kier alpha value is -1.35. The van der Waals surface area contributed by atoms with Crippen molar-refractivity contribution in [3.63, 3.8) is 0 Å². The SMILES string of the molecule is CC.O=c1cc(Cl)c2cccnc2[nH]1. The van der Waals surface area contributed by atoms with Gasteiger partial charge in [0.25, 0.3) is 5.56 Å². The number of fused-ring (bicyclic) bond motifs is 1. The van der Waals surface area contributed by atoms with E-state index in [2.05, 4.69) is 9.97 Å². The first-order valence-corrected chi connectivity index (χ1v) is 4.79. The molecule has 2 heterocycles. The largest absolute Gasteiger partial charge is 0.306 e. The van der Waals surface area contributed by atoms with Gasteiger partial charge >= 0.3 is 0 Å². The number of aromatic amines is 1. The fraction of sp³-hybridized carbons (Fsp3) is 0.200. The highest BCUT2D eigenvalue weighted by molar-refractivity contribution is 6.35. The van der Waals surface area contributed by atoms with Gasteiger partial charge in [0.1, 0.15) is 5.65 Å². The molecule has 0 saturated heterocycles. The molecule has 4 heteroatoms. The molecule has 3 nitrogen and oxygen atoms in total. The van der Waals surface area contributed by atoms with Gasteiger partial charge in [-0.15, -0.1) is 0 Å². The second-order valence-corrected chi connectivity index (χ2v) is 2.79. The van der Waals surface area contributed by atoms with Crippen molar-refractivity contribution in [1.29, 1.82) is 0 Å². The summed E-state index contributed by atoms with van der Waals surface area (Å²) in [6, 6.07) is 4.92. The van der Waals surface area contributed by atoms with Crippen LogP contribution in [0.5, 0.6) is 0 Å². The normalized spacial score (nSPS) is 9.36. The Kier molecular flexibility index (Phi) is 3.65. The van der Waals surface area contributed by atoms with E-state index in [1.807, 2.05) is 13.8 Å². The van der Waals surface area contributed by atoms with Crippen molar-refractivity contribution >= 4 is 22.6 Å². The first kappa shape index (κ1) is 10.7. The number of halogens is 1. The van der Waals surface area contributed by atoms with E-state index in [-0.39, 0.29) is 5.56 Å². The molecule has 0 saturated carbocycles. The summed E-state index contributed by atoms with van der Waals surface area (Å²) in [7, 11) is 0. The number of nitrogens with one attached hydrogen (secondary N) is 1. The first-order chi connectivity index (χ1) is 6.77. The third-order valence-electron chi connectivity index (χ3n) is 1.56. The molecular weight excluding hydrogens is 200 g/mol. The molecule has 0 aliphatic rings. The molecular formula is C10H11ClN2O. The molecule has 0 spiro atoms. The third-order valence-corrected chi connectivity index (χ3v) is 1.88. The van der Waals surface area contributed by atoms with Crippen molar-refractivity contribution in [2.45, 2.75) is 13.8 Å². The second kappa shape index (κ2) is 4.77. The standard InChI is InChI=1S/C8H5ClN2O.C2H6/c9-6-4-7(12)11-8-5(6)2-1-3-10-8;1-2/h1-4H,(H,10,11,12);1-2H3. The number of hydrogen-bond donors (Lipinski definition) is 1. The maximum Gasteiger partial charge on any atom is 0.251 e. The van der Waals surface area contributed by atoms with E-state index in [9.17, 15) is 4.79 Å². The van der Waals surface area contributed by atoms with Gasteiger partial charge < -0.3 is 4.98 Å². The van der Waals surface area contributed by atoms with Crippen LogP contribution in [-0.2, 0) is 0 Å². The van der Waals surface area contributed by atoms with Crippen LogP contribution in [0.2, 0.25) is 5.02 Å². The minimum Gasteiger partial charge on any atom is -0.306 e. The highest BCUT2D eigenvalue weighted by Gasteiger charge is 1.99. The number of hydrogen-bond acceptors (Lipinski definition) is 2. The Morgan fingerprint density at radius 2 is 2.14 bits per heavy atom. The van der Waals surface area contributed by atoms with E-state index in [0.29, 0.717) is 10.7 Å². The van der Waals surface area contributed by atoms with Gasteiger partial charge in [0.2, 0.25) is 0 Å². The summed E-state index contributed by atoms with van der Waals surface area (Å²) >= 11 is 5.80. The average Bonchev–Trinajstić information content (AvgIpc) is 2.20. The summed E-state index contributed by atoms with van der Waals surface area (Å²) in [5.74, 6) is 0. The van der Waals surface area contributed by atoms with Crippen molar-refractivity contribution < 1.29 is 0 Å². The van der Waals surface area contributed by atoms with Crippen molar-refractivity contribution in [2.75, 3.05) is 0 Å². The molecule has 74 valence electrons. The third kappa shape index (κ3) is 2.12. The quantitative estimate of drug-likeness (QED) is 0.727. The fourth-order valence-corrected chi connectivity index (χ4v) is 1.29. The van der Waals surface area contributed by atoms with Crippen LogP contribution in [0.4, 0.5) is 0 Å². The highest BCUT2D eigenvalue weighted by atomic mass is 35.5. The lowest BCUT2D eigenvalue weighted by Gasteiger charge is -1.96. The molecule has 0 atom stereocenters. The summed E-state index contributed by atoms with van der Waals surface area (Å²) in [6.45, 7) is 4.00. The summed E-state index contributed by atoms with van der Waals surface area (Å²) in [6.07, 6.45) is 1.61. The summed E-state index contributed by atoms with van der Waals surface area (Å²) < 4.78 is 0. The smallest absolute Gasteiger partial charge is 0.251 e. The Labute approximate surface area is 86.8 Å². The van der Waals surface area contributed by atoms with Gasteiger partial charge in [-0.1, -0.05) is 25.4 Å². The van der Waals surface area contributed by atoms with E-state index in [4.69, 9.17) is 11.6 Å². The number of pyridine rings is 2. The monoisotopic (exact) mass is 210 g/mol. The predicted molar refractivity (Wildman–Crippen MR) is 58.7 cm³/mol. The lowest BCUT2D eigenvalue weighted by atomic mass is 10.3. The van der Waals surface area contributed by atoms with Crippen LogP contribution in [0.15, 0.2) is 29.2 Å². The van der Waals surface area contributed by atoms with Gasteiger partial charge in [-0.05, 0) is 12.1 Å². The van der Waals surface area contributed by atoms with E-state index >= 15 is 0 Å². The van der Waals surface area contributed by atoms with Gasteiger partial charge in [-0.3, -0.25) is 4.79 Å². The zero-order valence-electron chi connectivity index (χ0n) is 8.04. The van der Waals surface area contributed by atoms with E-state index in [0.717, 1.165) is 5.39 Å². The van der Waals surface area contributed by atoms with Crippen LogP contribution < -0.4 is 5.56 Å². The van der Waals surface area contributed by atoms with Crippen molar-refractivity contribution in [3.05, 3.63) is 39.8 Å². The van der Waals surface area contributed by atoms with Crippen LogP contribution in [0.1, 0.15) is 13.8 Å². The van der Waals surface area contributed by atoms with Gasteiger partial charge in [0.05, 0.1) is 5.02 Å². The first-order valence-electron chi connectivity index (χ1n) is 4.41. The zero-order chi connectivity index (χ0) is 10.6. The van der Waals surface area contributed by atoms with Gasteiger partial charge in [0, 0.05) is 17.6 Å². The Morgan fingerprint density at radius 1 is 1.43 bits per heavy atom. The number of rotatable bonds is 0. The molecule has 0 radical (unpaired) electrons. The lowest BCUT2D eigenvalue weighted by Crippen LogP contribution is -2.04. The molecule has 0 aliphatic carbocycles. The van der Waals surface area contributed by atoms with Gasteiger partial charge in [-0.25, -0.2) is 4.98 Å². The topological polar surface area (TPSA) is 45.8 Å². The maximum atomic E-state index is 10.9. The van der Waals surface area contributed by atoms with Crippen LogP contribution >= 0.6 is 11.6 Å². The molecule has 0 aromatic carbocycles. The number of nitrogens with zero attached hydrogens (tertiary/aromatic N) is 1. The molecule has 0 aliphatic heterocycles. The molecule has 0 fully saturated rings. The Bertz CT molecular complexity index is 479. The van der Waals surface area contributed by atoms with E-state index < -0.39 is 0 Å². The average molecular weight is 211 g/mol. The molecule has 0 unspecified atom stereocenters. The second-order valence-electron chi connectivity index (χ2n) is 2.38. The van der Waals surface area contributed by atoms with Crippen molar-refractivity contribution in [2.24, 2.45) is 0 Å². The summed E-state index contributed by atoms with van der Waals surface area (Å²) in [4.78, 5) is 17.5. The van der Waals surface area contributed by atoms with Gasteiger partial charge in [0.15, 0.2) is 0 Å². The minimum atomic E-state index is -0.230. The summed E-state index contributed by atoms with van der Waals surface area (Å²) in [5.41, 5.74) is 0.293. The Balaban J connectivity index is 0.000000461. The van der Waals surface area contributed by atoms with E-state index in [1.54, 1.807) is 18.3 Å².